The Morgan fingerprint density at radius 3 is 2.78 bits per heavy atom. The molecular formula is C5H8BrFO2. The van der Waals surface area contributed by atoms with E-state index in [1.807, 2.05) is 0 Å². The van der Waals surface area contributed by atoms with E-state index in [-0.39, 0.29) is 0 Å². The highest BCUT2D eigenvalue weighted by atomic mass is 79.9. The van der Waals surface area contributed by atoms with Gasteiger partial charge in [-0.05, 0) is 6.92 Å². The fourth-order valence-corrected chi connectivity index (χ4v) is 0.474. The zero-order valence-corrected chi connectivity index (χ0v) is 6.65. The molecule has 4 heteroatoms. The molecule has 0 amide bonds. The van der Waals surface area contributed by atoms with E-state index in [1.165, 1.54) is 6.92 Å². The van der Waals surface area contributed by atoms with Crippen molar-refractivity contribution in [2.24, 2.45) is 0 Å². The van der Waals surface area contributed by atoms with Gasteiger partial charge < -0.3 is 4.74 Å². The molecule has 0 bridgehead atoms. The Hall–Kier alpha value is 0.0400. The van der Waals surface area contributed by atoms with Gasteiger partial charge in [0.1, 0.15) is 6.10 Å². The molecule has 2 nitrogen and oxygen atoms in total. The van der Waals surface area contributed by atoms with Crippen molar-refractivity contribution in [1.82, 2.24) is 0 Å². The van der Waals surface area contributed by atoms with Crippen LogP contribution < -0.4 is 0 Å². The van der Waals surface area contributed by atoms with Gasteiger partial charge in [0.25, 0.3) is 0 Å². The first-order valence-electron chi connectivity index (χ1n) is 2.55. The van der Waals surface area contributed by atoms with Crippen LogP contribution in [-0.4, -0.2) is 24.1 Å². The van der Waals surface area contributed by atoms with Crippen molar-refractivity contribution in [3.63, 3.8) is 0 Å². The lowest BCUT2D eigenvalue weighted by atomic mass is 10.4. The average Bonchev–Trinajstić information content (AvgIpc) is 1.82. The molecule has 0 aliphatic rings. The van der Waals surface area contributed by atoms with E-state index in [2.05, 4.69) is 20.7 Å². The maximum Gasteiger partial charge on any atom is 0.329 e. The van der Waals surface area contributed by atoms with E-state index in [9.17, 15) is 9.18 Å². The van der Waals surface area contributed by atoms with E-state index < -0.39 is 12.1 Å². The second-order valence-corrected chi connectivity index (χ2v) is 2.30. The highest BCUT2D eigenvalue weighted by molar-refractivity contribution is 9.09. The summed E-state index contributed by atoms with van der Waals surface area (Å²) in [4.78, 5) is 9.84. The van der Waals surface area contributed by atoms with Gasteiger partial charge in [-0.15, -0.1) is 0 Å². The summed E-state index contributed by atoms with van der Waals surface area (Å²) in [6.45, 7) is 1.74. The van der Waals surface area contributed by atoms with Crippen molar-refractivity contribution in [3.05, 3.63) is 0 Å². The van der Waals surface area contributed by atoms with Crippen LogP contribution in [0.1, 0.15) is 6.92 Å². The quantitative estimate of drug-likeness (QED) is 0.503. The molecule has 0 rings (SSSR count). The number of rotatable bonds is 4. The highest BCUT2D eigenvalue weighted by Crippen LogP contribution is 1.94. The second-order valence-electron chi connectivity index (χ2n) is 1.51. The van der Waals surface area contributed by atoms with Crippen LogP contribution in [0.5, 0.6) is 0 Å². The maximum absolute atomic E-state index is 11.6. The van der Waals surface area contributed by atoms with Gasteiger partial charge >= 0.3 is 6.04 Å². The summed E-state index contributed by atoms with van der Waals surface area (Å²) in [6.07, 6.45) is -0.914. The molecular weight excluding hydrogens is 191 g/mol. The van der Waals surface area contributed by atoms with Gasteiger partial charge in [-0.3, -0.25) is 4.79 Å². The average molecular weight is 199 g/mol. The third-order valence-corrected chi connectivity index (χ3v) is 1.09. The summed E-state index contributed by atoms with van der Waals surface area (Å²) in [5, 5.41) is 0.616. The normalized spacial score (nSPS) is 13.2. The van der Waals surface area contributed by atoms with E-state index >= 15 is 0 Å². The molecule has 0 spiro atoms. The van der Waals surface area contributed by atoms with Gasteiger partial charge in [0.2, 0.25) is 0 Å². The zero-order valence-electron chi connectivity index (χ0n) is 5.06. The van der Waals surface area contributed by atoms with Crippen molar-refractivity contribution < 1.29 is 13.9 Å². The van der Waals surface area contributed by atoms with Gasteiger partial charge in [0.15, 0.2) is 0 Å². The molecule has 0 aromatic heterocycles. The Bertz CT molecular complexity index is 97.0. The summed E-state index contributed by atoms with van der Waals surface area (Å²) in [7, 11) is 0. The first-order valence-corrected chi connectivity index (χ1v) is 3.67. The number of hydrogen-bond acceptors (Lipinski definition) is 2. The molecule has 0 N–H and O–H groups in total. The number of hydrogen-bond donors (Lipinski definition) is 0. The van der Waals surface area contributed by atoms with E-state index in [1.54, 1.807) is 0 Å². The van der Waals surface area contributed by atoms with Gasteiger partial charge in [-0.1, -0.05) is 15.9 Å². The van der Waals surface area contributed by atoms with Gasteiger partial charge in [0.05, 0.1) is 6.61 Å². The summed E-state index contributed by atoms with van der Waals surface area (Å²) in [5.74, 6) is 0. The molecule has 0 heterocycles. The minimum Gasteiger partial charge on any atom is -0.367 e. The molecule has 0 saturated carbocycles. The Morgan fingerprint density at radius 2 is 2.44 bits per heavy atom. The fraction of sp³-hybridized carbons (Fsp3) is 0.800. The van der Waals surface area contributed by atoms with Crippen LogP contribution >= 0.6 is 15.9 Å². The highest BCUT2D eigenvalue weighted by Gasteiger charge is 2.10. The van der Waals surface area contributed by atoms with Crippen LogP contribution in [0.15, 0.2) is 0 Å². The first-order chi connectivity index (χ1) is 4.18. The lowest BCUT2D eigenvalue weighted by Gasteiger charge is -2.03. The lowest BCUT2D eigenvalue weighted by molar-refractivity contribution is -0.140. The largest absolute Gasteiger partial charge is 0.367 e. The summed E-state index contributed by atoms with van der Waals surface area (Å²) >= 11 is 3.07. The van der Waals surface area contributed by atoms with E-state index in [0.29, 0.717) is 11.9 Å². The van der Waals surface area contributed by atoms with Gasteiger partial charge in [-0.2, -0.15) is 4.39 Å². The predicted molar refractivity (Wildman–Crippen MR) is 35.3 cm³/mol. The van der Waals surface area contributed by atoms with Crippen LogP contribution in [0.25, 0.3) is 0 Å². The van der Waals surface area contributed by atoms with Crippen molar-refractivity contribution in [1.29, 1.82) is 0 Å². The van der Waals surface area contributed by atoms with Crippen LogP contribution in [0, 0.1) is 0 Å². The third kappa shape index (κ3) is 4.54. The minimum absolute atomic E-state index is 0.358. The Balaban J connectivity index is 3.27. The standard InChI is InChI=1S/C5H8BrFO2/c1-4(5(7)8)9-3-2-6/h4H,2-3H2,1H3. The SMILES string of the molecule is CC(OCCBr)C(=O)F. The molecule has 1 atom stereocenters. The molecule has 54 valence electrons. The van der Waals surface area contributed by atoms with E-state index in [4.69, 9.17) is 0 Å². The third-order valence-electron chi connectivity index (χ3n) is 0.765. The Kier molecular flexibility index (Phi) is 4.90. The predicted octanol–water partition coefficient (Wildman–Crippen LogP) is 1.28. The first kappa shape index (κ1) is 9.04. The number of carbonyl (C=O) groups excluding carboxylic acids is 1. The molecule has 1 unspecified atom stereocenters. The van der Waals surface area contributed by atoms with Gasteiger partial charge in [-0.25, -0.2) is 0 Å². The van der Waals surface area contributed by atoms with Crippen molar-refractivity contribution >= 4 is 22.0 Å². The minimum atomic E-state index is -1.42. The molecule has 9 heavy (non-hydrogen) atoms. The van der Waals surface area contributed by atoms with Gasteiger partial charge in [0, 0.05) is 5.33 Å². The second kappa shape index (κ2) is 4.88. The molecule has 0 aliphatic heterocycles. The molecule has 0 aromatic rings. The monoisotopic (exact) mass is 198 g/mol. The topological polar surface area (TPSA) is 26.3 Å². The van der Waals surface area contributed by atoms with Crippen molar-refractivity contribution in [2.45, 2.75) is 13.0 Å². The lowest BCUT2D eigenvalue weighted by Crippen LogP contribution is -2.17. The number of carbonyl (C=O) groups is 1. The Morgan fingerprint density at radius 1 is 1.89 bits per heavy atom. The summed E-state index contributed by atoms with van der Waals surface area (Å²) in [6, 6.07) is -1.42. The van der Waals surface area contributed by atoms with Crippen LogP contribution in [-0.2, 0) is 9.53 Å². The number of halogens is 2. The molecule has 0 radical (unpaired) electrons. The maximum atomic E-state index is 11.6. The molecule has 0 fully saturated rings. The fourth-order valence-electron chi connectivity index (χ4n) is 0.287. The number of alkyl halides is 1. The van der Waals surface area contributed by atoms with Crippen molar-refractivity contribution in [2.75, 3.05) is 11.9 Å². The molecule has 0 aromatic carbocycles. The van der Waals surface area contributed by atoms with Crippen LogP contribution in [0.3, 0.4) is 0 Å². The molecule has 0 saturated heterocycles. The zero-order chi connectivity index (χ0) is 7.28. The van der Waals surface area contributed by atoms with Crippen molar-refractivity contribution in [3.8, 4) is 0 Å². The van der Waals surface area contributed by atoms with Crippen LogP contribution in [0.2, 0.25) is 0 Å². The number of ether oxygens (including phenoxy) is 1. The summed E-state index contributed by atoms with van der Waals surface area (Å²) < 4.78 is 16.3. The summed E-state index contributed by atoms with van der Waals surface area (Å²) in [5.41, 5.74) is 0. The smallest absolute Gasteiger partial charge is 0.329 e. The van der Waals surface area contributed by atoms with E-state index in [0.717, 1.165) is 0 Å². The molecule has 0 aliphatic carbocycles. The van der Waals surface area contributed by atoms with Crippen LogP contribution in [0.4, 0.5) is 4.39 Å². The Labute approximate surface area is 61.5 Å².